The first-order valence-corrected chi connectivity index (χ1v) is 6.70. The molecule has 2 aromatic heterocycles. The maximum atomic E-state index is 12.0. The van der Waals surface area contributed by atoms with Gasteiger partial charge in [0.05, 0.1) is 0 Å². The van der Waals surface area contributed by atoms with E-state index in [1.165, 1.54) is 18.3 Å². The van der Waals surface area contributed by atoms with Crippen molar-refractivity contribution in [3.8, 4) is 0 Å². The van der Waals surface area contributed by atoms with E-state index in [1.807, 2.05) is 0 Å². The van der Waals surface area contributed by atoms with Gasteiger partial charge in [-0.1, -0.05) is 24.3 Å². The lowest BCUT2D eigenvalue weighted by Crippen LogP contribution is -2.43. The van der Waals surface area contributed by atoms with Crippen LogP contribution >= 0.6 is 0 Å². The second-order valence-electron chi connectivity index (χ2n) is 4.61. The Morgan fingerprint density at radius 3 is 2.48 bits per heavy atom. The number of para-hydroxylation sites is 1. The Balaban J connectivity index is 1.77. The molecule has 0 saturated heterocycles. The van der Waals surface area contributed by atoms with Gasteiger partial charge < -0.3 is 4.42 Å². The molecule has 0 saturated carbocycles. The standard InChI is InChI=1S/C16H11N3O4/c20-14(18-19-15(21)12-6-3-4-8-17-12)11-9-10-5-1-2-7-13(10)23-16(11)22/h1-9H,(H,18,20)(H,19,21). The fraction of sp³-hybridized carbons (Fsp3) is 0. The first kappa shape index (κ1) is 14.5. The Bertz CT molecular complexity index is 935. The lowest BCUT2D eigenvalue weighted by atomic mass is 10.2. The molecule has 0 aliphatic carbocycles. The smallest absolute Gasteiger partial charge is 0.349 e. The molecular weight excluding hydrogens is 298 g/mol. The van der Waals surface area contributed by atoms with Gasteiger partial charge in [0.2, 0.25) is 0 Å². The predicted octanol–water partition coefficient (Wildman–Crippen LogP) is 1.26. The summed E-state index contributed by atoms with van der Waals surface area (Å²) in [5.74, 6) is -1.36. The summed E-state index contributed by atoms with van der Waals surface area (Å²) < 4.78 is 5.06. The summed E-state index contributed by atoms with van der Waals surface area (Å²) in [4.78, 5) is 39.5. The number of nitrogens with zero attached hydrogens (tertiary/aromatic N) is 1. The number of benzene rings is 1. The number of fused-ring (bicyclic) bond motifs is 1. The zero-order valence-corrected chi connectivity index (χ0v) is 11.8. The number of hydrogen-bond acceptors (Lipinski definition) is 5. The van der Waals surface area contributed by atoms with Crippen molar-refractivity contribution in [1.82, 2.24) is 15.8 Å². The van der Waals surface area contributed by atoms with Gasteiger partial charge >= 0.3 is 5.63 Å². The van der Waals surface area contributed by atoms with Gasteiger partial charge in [0.15, 0.2) is 0 Å². The predicted molar refractivity (Wildman–Crippen MR) is 81.7 cm³/mol. The minimum atomic E-state index is -0.784. The highest BCUT2D eigenvalue weighted by atomic mass is 16.4. The molecule has 1 aromatic carbocycles. The molecule has 0 radical (unpaired) electrons. The molecule has 7 heteroatoms. The number of rotatable bonds is 2. The van der Waals surface area contributed by atoms with Crippen molar-refractivity contribution in [3.05, 3.63) is 76.4 Å². The topological polar surface area (TPSA) is 101 Å². The molecule has 114 valence electrons. The van der Waals surface area contributed by atoms with E-state index in [2.05, 4.69) is 15.8 Å². The molecule has 2 amide bonds. The molecule has 0 bridgehead atoms. The average molecular weight is 309 g/mol. The third-order valence-electron chi connectivity index (χ3n) is 3.07. The molecule has 7 nitrogen and oxygen atoms in total. The van der Waals surface area contributed by atoms with Gasteiger partial charge in [-0.05, 0) is 24.3 Å². The molecule has 0 unspecified atom stereocenters. The quantitative estimate of drug-likeness (QED) is 0.548. The highest BCUT2D eigenvalue weighted by molar-refractivity contribution is 5.99. The summed E-state index contributed by atoms with van der Waals surface area (Å²) in [6.07, 6.45) is 1.45. The summed E-state index contributed by atoms with van der Waals surface area (Å²) in [7, 11) is 0. The van der Waals surface area contributed by atoms with E-state index >= 15 is 0 Å². The number of amides is 2. The van der Waals surface area contributed by atoms with Crippen molar-refractivity contribution in [3.63, 3.8) is 0 Å². The normalized spacial score (nSPS) is 10.3. The average Bonchev–Trinajstić information content (AvgIpc) is 2.59. The van der Waals surface area contributed by atoms with Crippen molar-refractivity contribution in [1.29, 1.82) is 0 Å². The highest BCUT2D eigenvalue weighted by Crippen LogP contribution is 2.12. The van der Waals surface area contributed by atoms with Crippen molar-refractivity contribution in [2.24, 2.45) is 0 Å². The lowest BCUT2D eigenvalue weighted by molar-refractivity contribution is 0.0842. The minimum absolute atomic E-state index is 0.137. The minimum Gasteiger partial charge on any atom is -0.422 e. The van der Waals surface area contributed by atoms with Crippen LogP contribution in [0.2, 0.25) is 0 Å². The van der Waals surface area contributed by atoms with Gasteiger partial charge in [-0.3, -0.25) is 25.4 Å². The first-order valence-electron chi connectivity index (χ1n) is 6.70. The van der Waals surface area contributed by atoms with Gasteiger partial charge in [-0.25, -0.2) is 4.79 Å². The van der Waals surface area contributed by atoms with E-state index in [1.54, 1.807) is 36.4 Å². The Morgan fingerprint density at radius 1 is 0.957 bits per heavy atom. The van der Waals surface area contributed by atoms with Crippen LogP contribution in [0, 0.1) is 0 Å². The number of aromatic nitrogens is 1. The van der Waals surface area contributed by atoms with Crippen LogP contribution in [0.25, 0.3) is 11.0 Å². The van der Waals surface area contributed by atoms with E-state index in [4.69, 9.17) is 4.42 Å². The van der Waals surface area contributed by atoms with Crippen LogP contribution in [0.15, 0.2) is 63.9 Å². The first-order chi connectivity index (χ1) is 11.1. The summed E-state index contributed by atoms with van der Waals surface area (Å²) >= 11 is 0. The Morgan fingerprint density at radius 2 is 1.70 bits per heavy atom. The Hall–Kier alpha value is -3.48. The number of nitrogens with one attached hydrogen (secondary N) is 2. The molecule has 3 rings (SSSR count). The highest BCUT2D eigenvalue weighted by Gasteiger charge is 2.15. The van der Waals surface area contributed by atoms with Crippen LogP contribution in [0.4, 0.5) is 0 Å². The zero-order valence-electron chi connectivity index (χ0n) is 11.8. The largest absolute Gasteiger partial charge is 0.422 e. The molecule has 0 aliphatic heterocycles. The number of carbonyl (C=O) groups is 2. The summed E-state index contributed by atoms with van der Waals surface area (Å²) in [5.41, 5.74) is 3.89. The second kappa shape index (κ2) is 6.10. The van der Waals surface area contributed by atoms with Gasteiger partial charge in [-0.2, -0.15) is 0 Å². The van der Waals surface area contributed by atoms with E-state index in [0.29, 0.717) is 11.0 Å². The fourth-order valence-electron chi connectivity index (χ4n) is 1.96. The monoisotopic (exact) mass is 309 g/mol. The Kier molecular flexibility index (Phi) is 3.84. The summed E-state index contributed by atoms with van der Waals surface area (Å²) in [6, 6.07) is 13.0. The summed E-state index contributed by atoms with van der Waals surface area (Å²) in [6.45, 7) is 0. The number of hydrazine groups is 1. The molecule has 2 heterocycles. The van der Waals surface area contributed by atoms with Gasteiger partial charge in [0.25, 0.3) is 11.8 Å². The molecule has 2 N–H and O–H groups in total. The van der Waals surface area contributed by atoms with Crippen LogP contribution < -0.4 is 16.5 Å². The third-order valence-corrected chi connectivity index (χ3v) is 3.07. The molecule has 0 atom stereocenters. The zero-order chi connectivity index (χ0) is 16.2. The van der Waals surface area contributed by atoms with E-state index < -0.39 is 17.4 Å². The molecular formula is C16H11N3O4. The van der Waals surface area contributed by atoms with Gasteiger partial charge in [-0.15, -0.1) is 0 Å². The van der Waals surface area contributed by atoms with Crippen molar-refractivity contribution in [2.75, 3.05) is 0 Å². The van der Waals surface area contributed by atoms with Crippen LogP contribution in [0.1, 0.15) is 20.8 Å². The lowest BCUT2D eigenvalue weighted by Gasteiger charge is -2.06. The SMILES string of the molecule is O=C(NNC(=O)c1cc2ccccc2oc1=O)c1ccccn1. The molecule has 0 spiro atoms. The summed E-state index contributed by atoms with van der Waals surface area (Å²) in [5, 5.41) is 0.605. The van der Waals surface area contributed by atoms with Crippen LogP contribution in [-0.4, -0.2) is 16.8 Å². The van der Waals surface area contributed by atoms with Crippen LogP contribution in [-0.2, 0) is 0 Å². The maximum absolute atomic E-state index is 12.0. The van der Waals surface area contributed by atoms with Crippen molar-refractivity contribution >= 4 is 22.8 Å². The molecule has 3 aromatic rings. The van der Waals surface area contributed by atoms with E-state index in [9.17, 15) is 14.4 Å². The number of pyridine rings is 1. The van der Waals surface area contributed by atoms with E-state index in [-0.39, 0.29) is 11.3 Å². The maximum Gasteiger partial charge on any atom is 0.349 e. The van der Waals surface area contributed by atoms with E-state index in [0.717, 1.165) is 0 Å². The molecule has 0 aliphatic rings. The fourth-order valence-corrected chi connectivity index (χ4v) is 1.96. The number of hydrogen-bond donors (Lipinski definition) is 2. The second-order valence-corrected chi connectivity index (χ2v) is 4.61. The number of carbonyl (C=O) groups excluding carboxylic acids is 2. The van der Waals surface area contributed by atoms with Crippen molar-refractivity contribution in [2.45, 2.75) is 0 Å². The van der Waals surface area contributed by atoms with Gasteiger partial charge in [0, 0.05) is 11.6 Å². The molecule has 23 heavy (non-hydrogen) atoms. The van der Waals surface area contributed by atoms with Crippen LogP contribution in [0.3, 0.4) is 0 Å². The van der Waals surface area contributed by atoms with Crippen molar-refractivity contribution < 1.29 is 14.0 Å². The third kappa shape index (κ3) is 3.08. The molecule has 0 fully saturated rings. The van der Waals surface area contributed by atoms with Gasteiger partial charge in [0.1, 0.15) is 16.8 Å². The Labute approximate surface area is 129 Å². The van der Waals surface area contributed by atoms with Crippen LogP contribution in [0.5, 0.6) is 0 Å².